The molecule has 106 valence electrons. The van der Waals surface area contributed by atoms with Gasteiger partial charge in [-0.3, -0.25) is 4.79 Å². The molecular formula is C13H20N2O4. The van der Waals surface area contributed by atoms with Crippen LogP contribution in [0.1, 0.15) is 35.6 Å². The van der Waals surface area contributed by atoms with Crippen molar-refractivity contribution in [3.05, 3.63) is 23.0 Å². The molecule has 1 aromatic heterocycles. The summed E-state index contributed by atoms with van der Waals surface area (Å²) in [7, 11) is 0. The first-order chi connectivity index (χ1) is 8.99. The fourth-order valence-corrected chi connectivity index (χ4v) is 1.70. The number of H-pyrrole nitrogens is 1. The summed E-state index contributed by atoms with van der Waals surface area (Å²) >= 11 is 0. The molecule has 1 heterocycles. The Kier molecular flexibility index (Phi) is 5.57. The van der Waals surface area contributed by atoms with Gasteiger partial charge in [0.25, 0.3) is 0 Å². The smallest absolute Gasteiger partial charge is 0.354 e. The van der Waals surface area contributed by atoms with Gasteiger partial charge in [-0.05, 0) is 32.4 Å². The fraction of sp³-hybridized carbons (Fsp3) is 0.538. The predicted molar refractivity (Wildman–Crippen MR) is 69.8 cm³/mol. The van der Waals surface area contributed by atoms with Gasteiger partial charge in [0.2, 0.25) is 0 Å². The second-order valence-electron chi connectivity index (χ2n) is 4.12. The summed E-state index contributed by atoms with van der Waals surface area (Å²) in [6, 6.07) is 0.927. The summed E-state index contributed by atoms with van der Waals surface area (Å²) in [6.07, 6.45) is 0.320. The topological polar surface area (TPSA) is 94.4 Å². The van der Waals surface area contributed by atoms with Crippen LogP contribution in [0.25, 0.3) is 0 Å². The largest absolute Gasteiger partial charge is 0.465 e. The van der Waals surface area contributed by atoms with Gasteiger partial charge in [0, 0.05) is 12.1 Å². The summed E-state index contributed by atoms with van der Waals surface area (Å²) < 4.78 is 9.74. The number of nitrogens with two attached hydrogens (primary N) is 1. The molecule has 1 unspecified atom stereocenters. The highest BCUT2D eigenvalue weighted by molar-refractivity contribution is 5.88. The minimum absolute atomic E-state index is 0.298. The molecule has 0 amide bonds. The Labute approximate surface area is 112 Å². The number of aryl methyl sites for hydroxylation is 1. The summed E-state index contributed by atoms with van der Waals surface area (Å²) in [4.78, 5) is 25.9. The summed E-state index contributed by atoms with van der Waals surface area (Å²) in [5, 5.41) is 0. The Morgan fingerprint density at radius 3 is 2.53 bits per heavy atom. The van der Waals surface area contributed by atoms with E-state index in [4.69, 9.17) is 15.2 Å². The molecule has 0 aliphatic heterocycles. The van der Waals surface area contributed by atoms with E-state index in [-0.39, 0.29) is 0 Å². The Morgan fingerprint density at radius 1 is 1.32 bits per heavy atom. The molecule has 0 bridgehead atoms. The maximum Gasteiger partial charge on any atom is 0.354 e. The van der Waals surface area contributed by atoms with E-state index in [1.165, 1.54) is 0 Å². The van der Waals surface area contributed by atoms with Crippen LogP contribution in [0.3, 0.4) is 0 Å². The number of aromatic amines is 1. The van der Waals surface area contributed by atoms with Crippen molar-refractivity contribution in [1.29, 1.82) is 0 Å². The number of carbonyl (C=O) groups excluding carboxylic acids is 2. The second-order valence-corrected chi connectivity index (χ2v) is 4.12. The van der Waals surface area contributed by atoms with Crippen molar-refractivity contribution < 1.29 is 19.1 Å². The lowest BCUT2D eigenvalue weighted by atomic mass is 10.1. The Bertz CT molecular complexity index is 453. The minimum atomic E-state index is -0.732. The quantitative estimate of drug-likeness (QED) is 0.748. The van der Waals surface area contributed by atoms with Crippen molar-refractivity contribution >= 4 is 11.9 Å². The number of carbonyl (C=O) groups is 2. The lowest BCUT2D eigenvalue weighted by Crippen LogP contribution is -2.34. The van der Waals surface area contributed by atoms with Crippen LogP contribution in [-0.2, 0) is 20.7 Å². The third-order valence-corrected chi connectivity index (χ3v) is 2.65. The first-order valence-electron chi connectivity index (χ1n) is 6.27. The van der Waals surface area contributed by atoms with Crippen molar-refractivity contribution in [3.8, 4) is 0 Å². The molecule has 0 aliphatic carbocycles. The molecule has 1 rings (SSSR count). The van der Waals surface area contributed by atoms with Gasteiger partial charge >= 0.3 is 11.9 Å². The highest BCUT2D eigenvalue weighted by atomic mass is 16.5. The average molecular weight is 268 g/mol. The third kappa shape index (κ3) is 4.10. The van der Waals surface area contributed by atoms with Gasteiger partial charge in [0.05, 0.1) is 13.2 Å². The van der Waals surface area contributed by atoms with Crippen molar-refractivity contribution in [1.82, 2.24) is 4.98 Å². The maximum absolute atomic E-state index is 11.6. The Morgan fingerprint density at radius 2 is 1.95 bits per heavy atom. The normalized spacial score (nSPS) is 12.0. The van der Waals surface area contributed by atoms with Crippen LogP contribution in [0.2, 0.25) is 0 Å². The van der Waals surface area contributed by atoms with Gasteiger partial charge in [-0.2, -0.15) is 0 Å². The number of hydrogen-bond donors (Lipinski definition) is 2. The van der Waals surface area contributed by atoms with E-state index in [1.54, 1.807) is 19.9 Å². The van der Waals surface area contributed by atoms with Crippen molar-refractivity contribution in [2.75, 3.05) is 13.2 Å². The second kappa shape index (κ2) is 6.94. The van der Waals surface area contributed by atoms with Crippen LogP contribution in [0.4, 0.5) is 0 Å². The lowest BCUT2D eigenvalue weighted by Gasteiger charge is -2.09. The molecule has 0 spiro atoms. The van der Waals surface area contributed by atoms with Gasteiger partial charge in [0.1, 0.15) is 11.7 Å². The van der Waals surface area contributed by atoms with E-state index in [2.05, 4.69) is 4.98 Å². The monoisotopic (exact) mass is 268 g/mol. The molecule has 6 heteroatoms. The summed E-state index contributed by atoms with van der Waals surface area (Å²) in [5.74, 6) is -0.859. The first-order valence-corrected chi connectivity index (χ1v) is 6.27. The van der Waals surface area contributed by atoms with E-state index >= 15 is 0 Å². The van der Waals surface area contributed by atoms with Gasteiger partial charge in [0.15, 0.2) is 0 Å². The Balaban J connectivity index is 2.74. The third-order valence-electron chi connectivity index (χ3n) is 2.65. The molecule has 0 radical (unpaired) electrons. The van der Waals surface area contributed by atoms with E-state index < -0.39 is 18.0 Å². The summed E-state index contributed by atoms with van der Waals surface area (Å²) in [6.45, 7) is 5.90. The Hall–Kier alpha value is -1.82. The minimum Gasteiger partial charge on any atom is -0.465 e. The number of aromatic nitrogens is 1. The van der Waals surface area contributed by atoms with E-state index in [9.17, 15) is 9.59 Å². The zero-order valence-corrected chi connectivity index (χ0v) is 11.5. The van der Waals surface area contributed by atoms with Gasteiger partial charge < -0.3 is 20.2 Å². The van der Waals surface area contributed by atoms with Crippen LogP contribution in [0.15, 0.2) is 6.07 Å². The van der Waals surface area contributed by atoms with Crippen LogP contribution < -0.4 is 5.73 Å². The van der Waals surface area contributed by atoms with Gasteiger partial charge in [-0.25, -0.2) is 4.79 Å². The zero-order chi connectivity index (χ0) is 14.4. The lowest BCUT2D eigenvalue weighted by molar-refractivity contribution is -0.144. The van der Waals surface area contributed by atoms with Crippen molar-refractivity contribution in [2.24, 2.45) is 5.73 Å². The molecule has 1 aromatic rings. The molecule has 0 saturated carbocycles. The SMILES string of the molecule is CCOC(=O)c1cc(CC(N)C(=O)OCC)c(C)[nH]1. The molecule has 0 fully saturated rings. The highest BCUT2D eigenvalue weighted by Crippen LogP contribution is 2.13. The number of rotatable bonds is 6. The summed E-state index contributed by atoms with van der Waals surface area (Å²) in [5.41, 5.74) is 7.71. The van der Waals surface area contributed by atoms with Gasteiger partial charge in [-0.15, -0.1) is 0 Å². The van der Waals surface area contributed by atoms with E-state index in [0.717, 1.165) is 11.3 Å². The van der Waals surface area contributed by atoms with Crippen LogP contribution in [-0.4, -0.2) is 36.2 Å². The molecule has 6 nitrogen and oxygen atoms in total. The molecule has 0 aromatic carbocycles. The van der Waals surface area contributed by atoms with Crippen LogP contribution in [0, 0.1) is 6.92 Å². The maximum atomic E-state index is 11.6. The first kappa shape index (κ1) is 15.2. The predicted octanol–water partition coefficient (Wildman–Crippen LogP) is 0.933. The molecule has 1 atom stereocenters. The van der Waals surface area contributed by atoms with Crippen LogP contribution >= 0.6 is 0 Å². The van der Waals surface area contributed by atoms with Gasteiger partial charge in [-0.1, -0.05) is 0 Å². The van der Waals surface area contributed by atoms with Crippen molar-refractivity contribution in [3.63, 3.8) is 0 Å². The fourth-order valence-electron chi connectivity index (χ4n) is 1.70. The molecule has 0 aliphatic rings. The molecular weight excluding hydrogens is 248 g/mol. The highest BCUT2D eigenvalue weighted by Gasteiger charge is 2.19. The molecule has 19 heavy (non-hydrogen) atoms. The molecule has 3 N–H and O–H groups in total. The van der Waals surface area contributed by atoms with Crippen molar-refractivity contribution in [2.45, 2.75) is 33.2 Å². The number of hydrogen-bond acceptors (Lipinski definition) is 5. The number of esters is 2. The van der Waals surface area contributed by atoms with E-state index in [1.807, 2.05) is 6.92 Å². The van der Waals surface area contributed by atoms with E-state index in [0.29, 0.717) is 25.3 Å². The number of ether oxygens (including phenoxy) is 2. The zero-order valence-electron chi connectivity index (χ0n) is 11.5. The number of nitrogens with one attached hydrogen (secondary N) is 1. The molecule has 0 saturated heterocycles. The average Bonchev–Trinajstić information content (AvgIpc) is 2.71. The standard InChI is InChI=1S/C13H20N2O4/c1-4-18-12(16)10(14)6-9-7-11(15-8(9)3)13(17)19-5-2/h7,10,15H,4-6,14H2,1-3H3. The van der Waals surface area contributed by atoms with Crippen LogP contribution in [0.5, 0.6) is 0 Å².